The molecule has 4 rings (SSSR count). The number of phenols is 1. The molecule has 0 spiro atoms. The highest BCUT2D eigenvalue weighted by Crippen LogP contribution is 2.66. The summed E-state index contributed by atoms with van der Waals surface area (Å²) in [6.45, 7) is 14.6. The standard InChI is InChI=1S/C30H38O8/c1-12(2)19-22(33)17(14(4)31)24(35)30(38)25(36)20-23(34)18-15(10-11-16(21(18)32)27(5,6)7)13(3)28(20,8)26(37)29(19,30)9/h10-13,17,19-20,26,32,37-38H,1-9H3/t13-,17?,19?,20?,26-,28+,29+,30+/m1/s1. The van der Waals surface area contributed by atoms with Crippen molar-refractivity contribution in [3.8, 4) is 5.75 Å². The molecule has 0 bridgehead atoms. The molecule has 1 aromatic carbocycles. The maximum absolute atomic E-state index is 14.4. The van der Waals surface area contributed by atoms with Crippen LogP contribution in [0.4, 0.5) is 0 Å². The zero-order valence-electron chi connectivity index (χ0n) is 23.5. The van der Waals surface area contributed by atoms with Gasteiger partial charge in [0, 0.05) is 16.7 Å². The van der Waals surface area contributed by atoms with Gasteiger partial charge in [-0.15, -0.1) is 0 Å². The normalized spacial score (nSPS) is 39.1. The van der Waals surface area contributed by atoms with Crippen LogP contribution < -0.4 is 0 Å². The van der Waals surface area contributed by atoms with Crippen molar-refractivity contribution in [2.24, 2.45) is 34.5 Å². The fourth-order valence-electron chi connectivity index (χ4n) is 7.96. The molecular weight excluding hydrogens is 488 g/mol. The molecule has 8 heteroatoms. The van der Waals surface area contributed by atoms with Gasteiger partial charge in [-0.2, -0.15) is 0 Å². The van der Waals surface area contributed by atoms with E-state index in [2.05, 4.69) is 0 Å². The summed E-state index contributed by atoms with van der Waals surface area (Å²) in [5.74, 6) is -11.0. The van der Waals surface area contributed by atoms with Gasteiger partial charge in [0.15, 0.2) is 28.7 Å². The second-order valence-corrected chi connectivity index (χ2v) is 13.4. The minimum Gasteiger partial charge on any atom is -0.507 e. The fraction of sp³-hybridized carbons (Fsp3) is 0.633. The van der Waals surface area contributed by atoms with Crippen LogP contribution in [0.2, 0.25) is 0 Å². The van der Waals surface area contributed by atoms with Crippen LogP contribution in [0.1, 0.15) is 89.7 Å². The summed E-state index contributed by atoms with van der Waals surface area (Å²) in [6.07, 6.45) is -1.66. The maximum Gasteiger partial charge on any atom is 0.191 e. The van der Waals surface area contributed by atoms with Crippen LogP contribution in [-0.4, -0.2) is 55.9 Å². The molecule has 0 aliphatic heterocycles. The van der Waals surface area contributed by atoms with Crippen molar-refractivity contribution in [2.45, 2.75) is 85.4 Å². The van der Waals surface area contributed by atoms with E-state index in [-0.39, 0.29) is 11.3 Å². The van der Waals surface area contributed by atoms with Crippen LogP contribution in [-0.2, 0) is 24.6 Å². The Labute approximate surface area is 222 Å². The van der Waals surface area contributed by atoms with Crippen LogP contribution in [0.5, 0.6) is 5.75 Å². The third-order valence-electron chi connectivity index (χ3n) is 10.0. The predicted molar refractivity (Wildman–Crippen MR) is 138 cm³/mol. The van der Waals surface area contributed by atoms with Gasteiger partial charge in [-0.1, -0.05) is 67.5 Å². The number of aliphatic hydroxyl groups excluding tert-OH is 1. The van der Waals surface area contributed by atoms with Crippen LogP contribution in [0.15, 0.2) is 12.1 Å². The lowest BCUT2D eigenvalue weighted by molar-refractivity contribution is -0.240. The zero-order chi connectivity index (χ0) is 29.1. The highest BCUT2D eigenvalue weighted by molar-refractivity contribution is 6.33. The van der Waals surface area contributed by atoms with Crippen LogP contribution in [0, 0.1) is 34.5 Å². The number of ketones is 5. The predicted octanol–water partition coefficient (Wildman–Crippen LogP) is 2.92. The molecule has 2 saturated carbocycles. The Hall–Kier alpha value is -2.71. The Morgan fingerprint density at radius 1 is 1.03 bits per heavy atom. The number of aliphatic hydroxyl groups is 2. The van der Waals surface area contributed by atoms with Gasteiger partial charge >= 0.3 is 0 Å². The van der Waals surface area contributed by atoms with Gasteiger partial charge in [0.05, 0.1) is 17.6 Å². The molecule has 0 saturated heterocycles. The Bertz CT molecular complexity index is 1300. The lowest BCUT2D eigenvalue weighted by atomic mass is 9.37. The van der Waals surface area contributed by atoms with Gasteiger partial charge in [0.1, 0.15) is 17.5 Å². The molecule has 8 atom stereocenters. The summed E-state index contributed by atoms with van der Waals surface area (Å²) in [5.41, 5.74) is -6.14. The number of fused-ring (bicyclic) bond motifs is 3. The van der Waals surface area contributed by atoms with Gasteiger partial charge < -0.3 is 15.3 Å². The third-order valence-corrected chi connectivity index (χ3v) is 10.0. The van der Waals surface area contributed by atoms with Gasteiger partial charge in [-0.3, -0.25) is 24.0 Å². The number of carbonyl (C=O) groups is 5. The molecule has 0 aromatic heterocycles. The van der Waals surface area contributed by atoms with E-state index in [0.29, 0.717) is 11.1 Å². The van der Waals surface area contributed by atoms with Crippen molar-refractivity contribution in [1.29, 1.82) is 0 Å². The Kier molecular flexibility index (Phi) is 6.07. The van der Waals surface area contributed by atoms with E-state index in [9.17, 15) is 39.3 Å². The van der Waals surface area contributed by atoms with Gasteiger partial charge in [0.2, 0.25) is 0 Å². The van der Waals surface area contributed by atoms with E-state index in [4.69, 9.17) is 0 Å². The molecular formula is C30H38O8. The topological polar surface area (TPSA) is 146 Å². The third kappa shape index (κ3) is 3.02. The van der Waals surface area contributed by atoms with Crippen LogP contribution >= 0.6 is 0 Å². The Morgan fingerprint density at radius 2 is 1.58 bits per heavy atom. The molecule has 8 nitrogen and oxygen atoms in total. The van der Waals surface area contributed by atoms with E-state index in [1.165, 1.54) is 6.92 Å². The lowest BCUT2D eigenvalue weighted by Crippen LogP contribution is -2.81. The fourth-order valence-corrected chi connectivity index (χ4v) is 7.96. The molecule has 3 aliphatic carbocycles. The number of benzene rings is 1. The first-order valence-electron chi connectivity index (χ1n) is 13.2. The van der Waals surface area contributed by atoms with Gasteiger partial charge in [0.25, 0.3) is 0 Å². The molecule has 0 heterocycles. The molecule has 1 aromatic rings. The largest absolute Gasteiger partial charge is 0.507 e. The smallest absolute Gasteiger partial charge is 0.191 e. The SMILES string of the molecule is CC(=O)C1C(=O)C(C(C)C)[C@@]2(C)[C@H](O)[C@]3(C)C(C(=O)c4c(ccc(C(C)(C)C)c4O)[C@H]3C)C(=O)[C@@]2(O)C1=O. The number of aromatic hydroxyl groups is 1. The highest BCUT2D eigenvalue weighted by Gasteiger charge is 2.80. The highest BCUT2D eigenvalue weighted by atomic mass is 16.3. The van der Waals surface area contributed by atoms with E-state index in [1.54, 1.807) is 39.8 Å². The summed E-state index contributed by atoms with van der Waals surface area (Å²) < 4.78 is 0. The van der Waals surface area contributed by atoms with E-state index in [1.807, 2.05) is 20.8 Å². The van der Waals surface area contributed by atoms with E-state index < -0.39 is 86.5 Å². The monoisotopic (exact) mass is 526 g/mol. The molecule has 2 fully saturated rings. The van der Waals surface area contributed by atoms with Gasteiger partial charge in [-0.05, 0) is 35.3 Å². The number of carbonyl (C=O) groups excluding carboxylic acids is 5. The maximum atomic E-state index is 14.4. The summed E-state index contributed by atoms with van der Waals surface area (Å²) in [5, 5.41) is 35.5. The number of hydrogen-bond donors (Lipinski definition) is 3. The molecule has 0 radical (unpaired) electrons. The first-order chi connectivity index (χ1) is 17.2. The van der Waals surface area contributed by atoms with Crippen molar-refractivity contribution in [3.63, 3.8) is 0 Å². The molecule has 3 unspecified atom stereocenters. The number of rotatable bonds is 2. The molecule has 3 aliphatic rings. The van der Waals surface area contributed by atoms with Crippen molar-refractivity contribution in [1.82, 2.24) is 0 Å². The van der Waals surface area contributed by atoms with Crippen molar-refractivity contribution >= 4 is 28.9 Å². The second kappa shape index (κ2) is 8.15. The van der Waals surface area contributed by atoms with Crippen molar-refractivity contribution in [2.75, 3.05) is 0 Å². The quantitative estimate of drug-likeness (QED) is 0.499. The molecule has 0 amide bonds. The first kappa shape index (κ1) is 28.3. The minimum absolute atomic E-state index is 0.0667. The summed E-state index contributed by atoms with van der Waals surface area (Å²) in [7, 11) is 0. The van der Waals surface area contributed by atoms with Crippen molar-refractivity contribution in [3.05, 3.63) is 28.8 Å². The Balaban J connectivity index is 2.07. The number of hydrogen-bond acceptors (Lipinski definition) is 8. The number of Topliss-reactive ketones (excluding diaryl/α,β-unsaturated/α-hetero) is 5. The summed E-state index contributed by atoms with van der Waals surface area (Å²) in [4.78, 5) is 68.3. The lowest BCUT2D eigenvalue weighted by Gasteiger charge is -2.65. The van der Waals surface area contributed by atoms with E-state index >= 15 is 0 Å². The van der Waals surface area contributed by atoms with Crippen LogP contribution in [0.25, 0.3) is 0 Å². The molecule has 206 valence electrons. The number of phenolic OH excluding ortho intramolecular Hbond substituents is 1. The molecule has 3 N–H and O–H groups in total. The second-order valence-electron chi connectivity index (χ2n) is 13.4. The zero-order valence-corrected chi connectivity index (χ0v) is 23.5. The summed E-state index contributed by atoms with van der Waals surface area (Å²) >= 11 is 0. The average Bonchev–Trinajstić information content (AvgIpc) is 2.78. The minimum atomic E-state index is -2.96. The Morgan fingerprint density at radius 3 is 2.05 bits per heavy atom. The van der Waals surface area contributed by atoms with E-state index in [0.717, 1.165) is 6.92 Å². The van der Waals surface area contributed by atoms with Gasteiger partial charge in [-0.25, -0.2) is 0 Å². The first-order valence-corrected chi connectivity index (χ1v) is 13.2. The average molecular weight is 527 g/mol. The van der Waals surface area contributed by atoms with Crippen molar-refractivity contribution < 1.29 is 39.3 Å². The summed E-state index contributed by atoms with van der Waals surface area (Å²) in [6, 6.07) is 3.43. The van der Waals surface area contributed by atoms with Crippen LogP contribution in [0.3, 0.4) is 0 Å². The molecule has 38 heavy (non-hydrogen) atoms.